The number of fused-ring (bicyclic) bond motifs is 1. The highest BCUT2D eigenvalue weighted by atomic mass is 79.9. The molecule has 0 aliphatic carbocycles. The topological polar surface area (TPSA) is 32.9 Å². The lowest BCUT2D eigenvalue weighted by Gasteiger charge is -1.91. The van der Waals surface area contributed by atoms with Gasteiger partial charge in [-0.25, -0.2) is 0 Å². The molecule has 0 aliphatic rings. The zero-order chi connectivity index (χ0) is 9.97. The minimum Gasteiger partial charge on any atom is -0.358 e. The van der Waals surface area contributed by atoms with Crippen molar-refractivity contribution in [3.63, 3.8) is 0 Å². The summed E-state index contributed by atoms with van der Waals surface area (Å²) < 4.78 is 0. The van der Waals surface area contributed by atoms with Gasteiger partial charge in [-0.15, -0.1) is 0 Å². The van der Waals surface area contributed by atoms with E-state index in [0.717, 1.165) is 16.6 Å². The third-order valence-corrected chi connectivity index (χ3v) is 2.75. The summed E-state index contributed by atoms with van der Waals surface area (Å²) in [7, 11) is 0. The number of aromatic nitrogens is 1. The van der Waals surface area contributed by atoms with Crippen LogP contribution in [-0.2, 0) is 11.2 Å². The number of hydrogen-bond acceptors (Lipinski definition) is 1. The summed E-state index contributed by atoms with van der Waals surface area (Å²) >= 11 is 3.15. The van der Waals surface area contributed by atoms with Gasteiger partial charge in [-0.2, -0.15) is 0 Å². The Labute approximate surface area is 90.4 Å². The maximum atomic E-state index is 11.2. The van der Waals surface area contributed by atoms with E-state index in [1.54, 1.807) is 0 Å². The summed E-state index contributed by atoms with van der Waals surface area (Å²) in [6, 6.07) is 10.0. The van der Waals surface area contributed by atoms with Crippen molar-refractivity contribution in [2.24, 2.45) is 0 Å². The standard InChI is InChI=1S/C11H10BrNO/c12-7-10(14)6-9-5-8-3-1-2-4-11(8)13-9/h1-5,13H,6-7H2. The fourth-order valence-corrected chi connectivity index (χ4v) is 1.69. The number of H-pyrrole nitrogens is 1. The number of aromatic amines is 1. The smallest absolute Gasteiger partial charge is 0.149 e. The van der Waals surface area contributed by atoms with E-state index in [1.807, 2.05) is 30.3 Å². The molecular weight excluding hydrogens is 242 g/mol. The normalized spacial score (nSPS) is 10.6. The number of carbonyl (C=O) groups is 1. The van der Waals surface area contributed by atoms with Crippen LogP contribution >= 0.6 is 15.9 Å². The van der Waals surface area contributed by atoms with Crippen LogP contribution in [0.2, 0.25) is 0 Å². The number of rotatable bonds is 3. The Hall–Kier alpha value is -1.09. The third-order valence-electron chi connectivity index (χ3n) is 2.12. The van der Waals surface area contributed by atoms with Gasteiger partial charge in [-0.05, 0) is 17.5 Å². The van der Waals surface area contributed by atoms with Crippen molar-refractivity contribution < 1.29 is 4.79 Å². The van der Waals surface area contributed by atoms with E-state index in [-0.39, 0.29) is 5.78 Å². The molecule has 2 aromatic rings. The summed E-state index contributed by atoms with van der Waals surface area (Å²) in [5.74, 6) is 0.191. The Bertz CT molecular complexity index is 428. The average molecular weight is 252 g/mol. The molecule has 0 spiro atoms. The molecule has 0 atom stereocenters. The van der Waals surface area contributed by atoms with Gasteiger partial charge in [0.25, 0.3) is 0 Å². The van der Waals surface area contributed by atoms with E-state index < -0.39 is 0 Å². The molecule has 0 radical (unpaired) electrons. The highest BCUT2D eigenvalue weighted by Gasteiger charge is 2.04. The fourth-order valence-electron chi connectivity index (χ4n) is 1.49. The van der Waals surface area contributed by atoms with Gasteiger partial charge in [0.05, 0.1) is 5.33 Å². The van der Waals surface area contributed by atoms with Gasteiger partial charge >= 0.3 is 0 Å². The molecule has 1 heterocycles. The van der Waals surface area contributed by atoms with Crippen LogP contribution in [0.3, 0.4) is 0 Å². The van der Waals surface area contributed by atoms with Gasteiger partial charge in [0.15, 0.2) is 0 Å². The Morgan fingerprint density at radius 2 is 2.14 bits per heavy atom. The quantitative estimate of drug-likeness (QED) is 0.837. The van der Waals surface area contributed by atoms with Crippen molar-refractivity contribution in [1.82, 2.24) is 4.98 Å². The summed E-state index contributed by atoms with van der Waals surface area (Å²) in [5, 5.41) is 1.58. The zero-order valence-corrected chi connectivity index (χ0v) is 9.17. The Morgan fingerprint density at radius 1 is 1.36 bits per heavy atom. The van der Waals surface area contributed by atoms with Gasteiger partial charge in [0, 0.05) is 17.6 Å². The highest BCUT2D eigenvalue weighted by molar-refractivity contribution is 9.09. The molecule has 1 aromatic carbocycles. The van der Waals surface area contributed by atoms with Gasteiger partial charge in [0.2, 0.25) is 0 Å². The first-order valence-corrected chi connectivity index (χ1v) is 5.56. The van der Waals surface area contributed by atoms with E-state index in [2.05, 4.69) is 20.9 Å². The van der Waals surface area contributed by atoms with Crippen LogP contribution in [0.15, 0.2) is 30.3 Å². The predicted octanol–water partition coefficient (Wildman–Crippen LogP) is 2.67. The van der Waals surface area contributed by atoms with E-state index in [1.165, 1.54) is 0 Å². The second kappa shape index (κ2) is 3.96. The molecule has 0 saturated heterocycles. The van der Waals surface area contributed by atoms with Crippen LogP contribution in [0.25, 0.3) is 10.9 Å². The van der Waals surface area contributed by atoms with E-state index in [4.69, 9.17) is 0 Å². The van der Waals surface area contributed by atoms with Crippen molar-refractivity contribution in [2.45, 2.75) is 6.42 Å². The van der Waals surface area contributed by atoms with Crippen molar-refractivity contribution in [1.29, 1.82) is 0 Å². The van der Waals surface area contributed by atoms with E-state index in [9.17, 15) is 4.79 Å². The van der Waals surface area contributed by atoms with Crippen LogP contribution < -0.4 is 0 Å². The van der Waals surface area contributed by atoms with Crippen LogP contribution in [0, 0.1) is 0 Å². The molecule has 0 amide bonds. The lowest BCUT2D eigenvalue weighted by atomic mass is 10.2. The number of benzene rings is 1. The molecule has 1 aromatic heterocycles. The molecule has 0 fully saturated rings. The lowest BCUT2D eigenvalue weighted by Crippen LogP contribution is -2.03. The molecule has 0 unspecified atom stereocenters. The van der Waals surface area contributed by atoms with Crippen molar-refractivity contribution in [3.05, 3.63) is 36.0 Å². The Morgan fingerprint density at radius 3 is 2.86 bits per heavy atom. The predicted molar refractivity (Wildman–Crippen MR) is 60.8 cm³/mol. The molecule has 2 nitrogen and oxygen atoms in total. The Balaban J connectivity index is 2.31. The largest absolute Gasteiger partial charge is 0.358 e. The van der Waals surface area contributed by atoms with Crippen molar-refractivity contribution in [2.75, 3.05) is 5.33 Å². The molecule has 0 saturated carbocycles. The minimum absolute atomic E-state index is 0.191. The first kappa shape index (κ1) is 9.46. The molecule has 1 N–H and O–H groups in total. The number of carbonyl (C=O) groups excluding carboxylic acids is 1. The second-order valence-corrected chi connectivity index (χ2v) is 3.79. The van der Waals surface area contributed by atoms with Gasteiger partial charge in [-0.1, -0.05) is 34.1 Å². The minimum atomic E-state index is 0.191. The van der Waals surface area contributed by atoms with Crippen LogP contribution in [0.1, 0.15) is 5.69 Å². The van der Waals surface area contributed by atoms with E-state index >= 15 is 0 Å². The first-order chi connectivity index (χ1) is 6.79. The second-order valence-electron chi connectivity index (χ2n) is 3.23. The first-order valence-electron chi connectivity index (χ1n) is 4.44. The van der Waals surface area contributed by atoms with Gasteiger partial charge in [0.1, 0.15) is 5.78 Å². The number of Topliss-reactive ketones (excluding diaryl/α,β-unsaturated/α-hetero) is 1. The van der Waals surface area contributed by atoms with Crippen LogP contribution in [0.4, 0.5) is 0 Å². The van der Waals surface area contributed by atoms with Crippen LogP contribution in [-0.4, -0.2) is 16.1 Å². The monoisotopic (exact) mass is 251 g/mol. The van der Waals surface area contributed by atoms with Crippen molar-refractivity contribution >= 4 is 32.6 Å². The Kier molecular flexibility index (Phi) is 2.68. The number of para-hydroxylation sites is 1. The lowest BCUT2D eigenvalue weighted by molar-refractivity contribution is -0.115. The van der Waals surface area contributed by atoms with Gasteiger partial charge in [-0.3, -0.25) is 4.79 Å². The molecule has 72 valence electrons. The van der Waals surface area contributed by atoms with E-state index in [0.29, 0.717) is 11.8 Å². The third kappa shape index (κ3) is 1.87. The zero-order valence-electron chi connectivity index (χ0n) is 7.59. The molecular formula is C11H10BrNO. The number of ketones is 1. The number of alkyl halides is 1. The summed E-state index contributed by atoms with van der Waals surface area (Å²) in [6.07, 6.45) is 0.472. The number of hydrogen-bond donors (Lipinski definition) is 1. The molecule has 14 heavy (non-hydrogen) atoms. The van der Waals surface area contributed by atoms with Crippen LogP contribution in [0.5, 0.6) is 0 Å². The molecule has 0 aliphatic heterocycles. The summed E-state index contributed by atoms with van der Waals surface area (Å²) in [4.78, 5) is 14.4. The van der Waals surface area contributed by atoms with Gasteiger partial charge < -0.3 is 4.98 Å². The SMILES string of the molecule is O=C(CBr)Cc1cc2ccccc2[nH]1. The number of halogens is 1. The molecule has 0 bridgehead atoms. The summed E-state index contributed by atoms with van der Waals surface area (Å²) in [5.41, 5.74) is 2.07. The fraction of sp³-hybridized carbons (Fsp3) is 0.182. The maximum absolute atomic E-state index is 11.2. The average Bonchev–Trinajstić information content (AvgIpc) is 2.59. The number of nitrogens with one attached hydrogen (secondary N) is 1. The maximum Gasteiger partial charge on any atom is 0.149 e. The molecule has 3 heteroatoms. The van der Waals surface area contributed by atoms with Crippen molar-refractivity contribution in [3.8, 4) is 0 Å². The summed E-state index contributed by atoms with van der Waals surface area (Å²) in [6.45, 7) is 0. The highest BCUT2D eigenvalue weighted by Crippen LogP contribution is 2.15. The molecule has 2 rings (SSSR count).